The zero-order chi connectivity index (χ0) is 22.0. The van der Waals surface area contributed by atoms with E-state index in [0.29, 0.717) is 6.42 Å². The van der Waals surface area contributed by atoms with Crippen molar-refractivity contribution in [1.82, 2.24) is 25.2 Å². The maximum Gasteiger partial charge on any atom is 0.248 e. The second-order valence-electron chi connectivity index (χ2n) is 9.79. The molecule has 1 aromatic heterocycles. The summed E-state index contributed by atoms with van der Waals surface area (Å²) in [4.78, 5) is 27.1. The topological polar surface area (TPSA) is 121 Å². The first-order valence-electron chi connectivity index (χ1n) is 10.1. The molecule has 1 saturated heterocycles. The first kappa shape index (κ1) is 23.3. The molecule has 1 aliphatic rings. The lowest BCUT2D eigenvalue weighted by Crippen LogP contribution is -2.49. The van der Waals surface area contributed by atoms with E-state index in [1.165, 1.54) is 11.9 Å². The monoisotopic (exact) mass is 409 g/mol. The standard InChI is InChI=1S/C20H35N5O4/c1-19(2,3)16(18(29)24-11-14(27)9-15(24)17(28)21-6)25-10-13(22-23-25)7-8-20(4,5)12-26/h10,14-16,26-27H,7-9,11-12H2,1-6H3,(H,21,28)/t14?,15?,16-/m1/s1. The predicted octanol–water partition coefficient (Wildman–Crippen LogP) is 0.524. The molecule has 1 aromatic rings. The summed E-state index contributed by atoms with van der Waals surface area (Å²) in [7, 11) is 1.52. The van der Waals surface area contributed by atoms with Crippen LogP contribution in [0.2, 0.25) is 0 Å². The first-order valence-corrected chi connectivity index (χ1v) is 10.1. The van der Waals surface area contributed by atoms with Gasteiger partial charge in [-0.25, -0.2) is 4.68 Å². The zero-order valence-corrected chi connectivity index (χ0v) is 18.3. The number of hydrogen-bond donors (Lipinski definition) is 3. The maximum absolute atomic E-state index is 13.5. The molecule has 1 aliphatic heterocycles. The van der Waals surface area contributed by atoms with Crippen LogP contribution in [0.4, 0.5) is 0 Å². The van der Waals surface area contributed by atoms with E-state index < -0.39 is 23.6 Å². The number of hydrogen-bond acceptors (Lipinski definition) is 6. The fourth-order valence-corrected chi connectivity index (χ4v) is 3.61. The van der Waals surface area contributed by atoms with E-state index in [9.17, 15) is 19.8 Å². The van der Waals surface area contributed by atoms with Gasteiger partial charge in [-0.1, -0.05) is 39.8 Å². The minimum atomic E-state index is -0.728. The van der Waals surface area contributed by atoms with Gasteiger partial charge in [0.25, 0.3) is 0 Å². The molecule has 2 unspecified atom stereocenters. The average molecular weight is 410 g/mol. The van der Waals surface area contributed by atoms with Crippen LogP contribution in [0.15, 0.2) is 6.20 Å². The van der Waals surface area contributed by atoms with Crippen LogP contribution in [0.3, 0.4) is 0 Å². The van der Waals surface area contributed by atoms with Gasteiger partial charge >= 0.3 is 0 Å². The van der Waals surface area contributed by atoms with Crippen molar-refractivity contribution >= 4 is 11.8 Å². The Bertz CT molecular complexity index is 725. The molecule has 164 valence electrons. The highest BCUT2D eigenvalue weighted by Crippen LogP contribution is 2.34. The molecule has 0 saturated carbocycles. The van der Waals surface area contributed by atoms with E-state index in [4.69, 9.17) is 0 Å². The van der Waals surface area contributed by atoms with Crippen LogP contribution in [0.5, 0.6) is 0 Å². The number of aryl methyl sites for hydroxylation is 1. The molecule has 2 amide bonds. The third-order valence-electron chi connectivity index (χ3n) is 5.47. The van der Waals surface area contributed by atoms with Gasteiger partial charge < -0.3 is 20.4 Å². The number of nitrogens with one attached hydrogen (secondary N) is 1. The number of likely N-dealkylation sites (N-methyl/N-ethyl adjacent to an activating group) is 1. The molecular formula is C20H35N5O4. The highest BCUT2D eigenvalue weighted by molar-refractivity contribution is 5.90. The number of aliphatic hydroxyl groups excluding tert-OH is 2. The van der Waals surface area contributed by atoms with E-state index >= 15 is 0 Å². The summed E-state index contributed by atoms with van der Waals surface area (Å²) in [5.74, 6) is -0.539. The molecular weight excluding hydrogens is 374 g/mol. The van der Waals surface area contributed by atoms with Crippen LogP contribution < -0.4 is 5.32 Å². The second-order valence-corrected chi connectivity index (χ2v) is 9.79. The van der Waals surface area contributed by atoms with Crippen LogP contribution in [-0.2, 0) is 16.0 Å². The number of amides is 2. The third kappa shape index (κ3) is 5.54. The van der Waals surface area contributed by atoms with Gasteiger partial charge in [0.15, 0.2) is 0 Å². The average Bonchev–Trinajstić information content (AvgIpc) is 3.25. The summed E-state index contributed by atoms with van der Waals surface area (Å²) in [6.07, 6.45) is 2.65. The minimum absolute atomic E-state index is 0.0857. The number of aromatic nitrogens is 3. The lowest BCUT2D eigenvalue weighted by atomic mass is 9.85. The Hall–Kier alpha value is -2.00. The van der Waals surface area contributed by atoms with E-state index in [1.54, 1.807) is 10.9 Å². The number of aliphatic hydroxyl groups is 2. The largest absolute Gasteiger partial charge is 0.396 e. The number of rotatable bonds is 7. The molecule has 3 atom stereocenters. The Morgan fingerprint density at radius 2 is 1.97 bits per heavy atom. The van der Waals surface area contributed by atoms with Gasteiger partial charge in [0.05, 0.1) is 11.8 Å². The van der Waals surface area contributed by atoms with Crippen LogP contribution in [0.25, 0.3) is 0 Å². The Morgan fingerprint density at radius 3 is 2.52 bits per heavy atom. The molecule has 0 radical (unpaired) electrons. The summed E-state index contributed by atoms with van der Waals surface area (Å²) < 4.78 is 1.56. The van der Waals surface area contributed by atoms with Crippen LogP contribution in [0.1, 0.15) is 59.2 Å². The normalized spacial score (nSPS) is 21.3. The molecule has 1 fully saturated rings. The van der Waals surface area contributed by atoms with Crippen molar-refractivity contribution in [3.05, 3.63) is 11.9 Å². The minimum Gasteiger partial charge on any atom is -0.396 e. The summed E-state index contributed by atoms with van der Waals surface area (Å²) in [5.41, 5.74) is 0.0562. The quantitative estimate of drug-likeness (QED) is 0.604. The Morgan fingerprint density at radius 1 is 1.31 bits per heavy atom. The lowest BCUT2D eigenvalue weighted by molar-refractivity contribution is -0.144. The van der Waals surface area contributed by atoms with Crippen LogP contribution in [0, 0.1) is 10.8 Å². The zero-order valence-electron chi connectivity index (χ0n) is 18.3. The number of carbonyl (C=O) groups is 2. The molecule has 2 rings (SSSR count). The van der Waals surface area contributed by atoms with Gasteiger partial charge in [-0.15, -0.1) is 5.10 Å². The molecule has 0 aliphatic carbocycles. The fraction of sp³-hybridized carbons (Fsp3) is 0.800. The van der Waals surface area contributed by atoms with E-state index in [0.717, 1.165) is 12.1 Å². The van der Waals surface area contributed by atoms with Crippen LogP contribution >= 0.6 is 0 Å². The first-order chi connectivity index (χ1) is 13.4. The van der Waals surface area contributed by atoms with E-state index in [-0.39, 0.29) is 36.8 Å². The van der Waals surface area contributed by atoms with E-state index in [1.807, 2.05) is 34.6 Å². The highest BCUT2D eigenvalue weighted by Gasteiger charge is 2.45. The Labute approximate surface area is 172 Å². The van der Waals surface area contributed by atoms with Gasteiger partial charge in [0, 0.05) is 32.8 Å². The van der Waals surface area contributed by atoms with Gasteiger partial charge in [0.2, 0.25) is 11.8 Å². The molecule has 9 nitrogen and oxygen atoms in total. The third-order valence-corrected chi connectivity index (χ3v) is 5.47. The van der Waals surface area contributed by atoms with Crippen molar-refractivity contribution < 1.29 is 19.8 Å². The maximum atomic E-state index is 13.5. The smallest absolute Gasteiger partial charge is 0.248 e. The summed E-state index contributed by atoms with van der Waals surface area (Å²) in [6.45, 7) is 9.98. The molecule has 2 heterocycles. The Balaban J connectivity index is 2.26. The van der Waals surface area contributed by atoms with Crippen LogP contribution in [-0.4, -0.2) is 74.3 Å². The number of β-amino-alcohol motifs (C(OH)–C–C–N with tert-alkyl or cyclic N) is 1. The van der Waals surface area contributed by atoms with Gasteiger partial charge in [-0.3, -0.25) is 9.59 Å². The van der Waals surface area contributed by atoms with Crippen molar-refractivity contribution in [2.24, 2.45) is 10.8 Å². The van der Waals surface area contributed by atoms with Crippen molar-refractivity contribution in [2.45, 2.75) is 72.1 Å². The SMILES string of the molecule is CNC(=O)C1CC(O)CN1C(=O)[C@@H](n1cc(CCC(C)(C)CO)nn1)C(C)(C)C. The van der Waals surface area contributed by atoms with Crippen molar-refractivity contribution in [3.8, 4) is 0 Å². The number of carbonyl (C=O) groups excluding carboxylic acids is 2. The van der Waals surface area contributed by atoms with Gasteiger partial charge in [-0.05, 0) is 23.7 Å². The van der Waals surface area contributed by atoms with Crippen molar-refractivity contribution in [2.75, 3.05) is 20.2 Å². The predicted molar refractivity (Wildman–Crippen MR) is 108 cm³/mol. The molecule has 29 heavy (non-hydrogen) atoms. The van der Waals surface area contributed by atoms with Gasteiger partial charge in [0.1, 0.15) is 12.1 Å². The second kappa shape index (κ2) is 8.79. The molecule has 0 aromatic carbocycles. The highest BCUT2D eigenvalue weighted by atomic mass is 16.3. The summed E-state index contributed by atoms with van der Waals surface area (Å²) in [5, 5.41) is 30.5. The lowest BCUT2D eigenvalue weighted by Gasteiger charge is -2.34. The van der Waals surface area contributed by atoms with Gasteiger partial charge in [-0.2, -0.15) is 0 Å². The summed E-state index contributed by atoms with van der Waals surface area (Å²) in [6, 6.07) is -1.35. The fourth-order valence-electron chi connectivity index (χ4n) is 3.61. The molecule has 3 N–H and O–H groups in total. The number of likely N-dealkylation sites (tertiary alicyclic amines) is 1. The van der Waals surface area contributed by atoms with E-state index in [2.05, 4.69) is 15.6 Å². The number of nitrogens with zero attached hydrogens (tertiary/aromatic N) is 4. The Kier molecular flexibility index (Phi) is 7.06. The summed E-state index contributed by atoms with van der Waals surface area (Å²) >= 11 is 0. The molecule has 0 spiro atoms. The van der Waals surface area contributed by atoms with Crippen molar-refractivity contribution in [3.63, 3.8) is 0 Å². The molecule has 0 bridgehead atoms. The van der Waals surface area contributed by atoms with Crippen molar-refractivity contribution in [1.29, 1.82) is 0 Å². The molecule has 9 heteroatoms.